The molecule has 33 heavy (non-hydrogen) atoms. The Hall–Kier alpha value is -4.26. The Bertz CT molecular complexity index is 1410. The third-order valence-corrected chi connectivity index (χ3v) is 5.37. The fraction of sp³-hybridized carbons (Fsp3) is 0.115. The number of benzene rings is 3. The summed E-state index contributed by atoms with van der Waals surface area (Å²) in [5, 5.41) is 6.06. The van der Waals surface area contributed by atoms with Crippen molar-refractivity contribution in [1.82, 2.24) is 4.57 Å². The highest BCUT2D eigenvalue weighted by Crippen LogP contribution is 2.24. The first-order valence-corrected chi connectivity index (χ1v) is 10.4. The van der Waals surface area contributed by atoms with Crippen LogP contribution in [0.4, 0.5) is 15.8 Å². The minimum absolute atomic E-state index is 0.0884. The lowest BCUT2D eigenvalue weighted by Gasteiger charge is -2.13. The number of nitrogens with zero attached hydrogens (tertiary/aromatic N) is 1. The van der Waals surface area contributed by atoms with Crippen LogP contribution in [0.2, 0.25) is 0 Å². The summed E-state index contributed by atoms with van der Waals surface area (Å²) in [4.78, 5) is 38.3. The maximum Gasteiger partial charge on any atom is 0.263 e. The van der Waals surface area contributed by atoms with Gasteiger partial charge in [0.15, 0.2) is 0 Å². The standard InChI is InChI=1S/C26H22FN3O3/c1-16-6-8-17(9-7-16)14-24(31)29-22-4-3-5-23-20(22)15-21(26(33)30(23)2)25(32)28-19-12-10-18(27)11-13-19/h3-13,15H,14H2,1-2H3,(H,28,32)(H,29,31). The number of rotatable bonds is 5. The molecule has 3 aromatic carbocycles. The van der Waals surface area contributed by atoms with E-state index in [1.165, 1.54) is 34.9 Å². The molecular formula is C26H22FN3O3. The second kappa shape index (κ2) is 9.08. The molecule has 0 atom stereocenters. The van der Waals surface area contributed by atoms with Gasteiger partial charge in [-0.15, -0.1) is 0 Å². The van der Waals surface area contributed by atoms with E-state index in [-0.39, 0.29) is 17.9 Å². The molecule has 1 aromatic heterocycles. The lowest BCUT2D eigenvalue weighted by atomic mass is 10.1. The molecule has 2 N–H and O–H groups in total. The number of carbonyl (C=O) groups excluding carboxylic acids is 2. The first-order valence-electron chi connectivity index (χ1n) is 10.4. The van der Waals surface area contributed by atoms with Crippen molar-refractivity contribution in [3.63, 3.8) is 0 Å². The second-order valence-electron chi connectivity index (χ2n) is 7.83. The fourth-order valence-corrected chi connectivity index (χ4v) is 3.58. The van der Waals surface area contributed by atoms with Crippen molar-refractivity contribution in [2.75, 3.05) is 10.6 Å². The van der Waals surface area contributed by atoms with Crippen molar-refractivity contribution < 1.29 is 14.0 Å². The van der Waals surface area contributed by atoms with E-state index in [1.807, 2.05) is 31.2 Å². The zero-order valence-corrected chi connectivity index (χ0v) is 18.2. The predicted octanol–water partition coefficient (Wildman–Crippen LogP) is 4.42. The Kier molecular flexibility index (Phi) is 6.04. The van der Waals surface area contributed by atoms with E-state index in [2.05, 4.69) is 10.6 Å². The third kappa shape index (κ3) is 4.82. The Morgan fingerprint density at radius 1 is 0.939 bits per heavy atom. The van der Waals surface area contributed by atoms with E-state index in [4.69, 9.17) is 0 Å². The van der Waals surface area contributed by atoms with Gasteiger partial charge in [-0.1, -0.05) is 35.9 Å². The van der Waals surface area contributed by atoms with Crippen molar-refractivity contribution >= 4 is 34.1 Å². The highest BCUT2D eigenvalue weighted by Gasteiger charge is 2.17. The molecule has 0 radical (unpaired) electrons. The van der Waals surface area contributed by atoms with Gasteiger partial charge in [0.2, 0.25) is 5.91 Å². The second-order valence-corrected chi connectivity index (χ2v) is 7.83. The quantitative estimate of drug-likeness (QED) is 0.479. The van der Waals surface area contributed by atoms with E-state index >= 15 is 0 Å². The van der Waals surface area contributed by atoms with Gasteiger partial charge >= 0.3 is 0 Å². The van der Waals surface area contributed by atoms with E-state index < -0.39 is 17.3 Å². The van der Waals surface area contributed by atoms with Crippen LogP contribution < -0.4 is 16.2 Å². The fourth-order valence-electron chi connectivity index (χ4n) is 3.58. The van der Waals surface area contributed by atoms with Gasteiger partial charge in [0.25, 0.3) is 11.5 Å². The number of pyridine rings is 1. The number of hydrogen-bond donors (Lipinski definition) is 2. The van der Waals surface area contributed by atoms with Gasteiger partial charge in [-0.2, -0.15) is 0 Å². The van der Waals surface area contributed by atoms with E-state index in [9.17, 15) is 18.8 Å². The largest absolute Gasteiger partial charge is 0.325 e. The first-order chi connectivity index (χ1) is 15.8. The van der Waals surface area contributed by atoms with Crippen LogP contribution >= 0.6 is 0 Å². The molecule has 4 rings (SSSR count). The lowest BCUT2D eigenvalue weighted by Crippen LogP contribution is -2.28. The Morgan fingerprint density at radius 3 is 2.33 bits per heavy atom. The molecular weight excluding hydrogens is 421 g/mol. The van der Waals surface area contributed by atoms with Crippen LogP contribution in [0.3, 0.4) is 0 Å². The Labute approximate surface area is 189 Å². The van der Waals surface area contributed by atoms with Gasteiger partial charge in [-0.05, 0) is 55.0 Å². The van der Waals surface area contributed by atoms with Crippen LogP contribution in [-0.4, -0.2) is 16.4 Å². The summed E-state index contributed by atoms with van der Waals surface area (Å²) in [6.45, 7) is 1.98. The molecule has 0 bridgehead atoms. The molecule has 0 aliphatic heterocycles. The Balaban J connectivity index is 1.65. The van der Waals surface area contributed by atoms with Crippen LogP contribution in [-0.2, 0) is 18.3 Å². The number of hydrogen-bond acceptors (Lipinski definition) is 3. The molecule has 2 amide bonds. The SMILES string of the molecule is Cc1ccc(CC(=O)Nc2cccc3c2cc(C(=O)Nc2ccc(F)cc2)c(=O)n3C)cc1. The molecule has 0 fully saturated rings. The van der Waals surface area contributed by atoms with Crippen molar-refractivity contribution in [2.45, 2.75) is 13.3 Å². The zero-order chi connectivity index (χ0) is 23.5. The number of aromatic nitrogens is 1. The lowest BCUT2D eigenvalue weighted by molar-refractivity contribution is -0.115. The zero-order valence-electron chi connectivity index (χ0n) is 18.2. The normalized spacial score (nSPS) is 10.8. The summed E-state index contributed by atoms with van der Waals surface area (Å²) in [6, 6.07) is 19.6. The molecule has 0 aliphatic rings. The molecule has 1 heterocycles. The van der Waals surface area contributed by atoms with Gasteiger partial charge in [0, 0.05) is 18.1 Å². The van der Waals surface area contributed by atoms with Gasteiger partial charge in [0.1, 0.15) is 11.4 Å². The van der Waals surface area contributed by atoms with Gasteiger partial charge < -0.3 is 15.2 Å². The van der Waals surface area contributed by atoms with Gasteiger partial charge in [-0.3, -0.25) is 14.4 Å². The number of nitrogens with one attached hydrogen (secondary N) is 2. The molecule has 4 aromatic rings. The van der Waals surface area contributed by atoms with Gasteiger partial charge in [-0.25, -0.2) is 4.39 Å². The van der Waals surface area contributed by atoms with Crippen molar-refractivity contribution in [1.29, 1.82) is 0 Å². The van der Waals surface area contributed by atoms with E-state index in [1.54, 1.807) is 25.2 Å². The molecule has 0 saturated heterocycles. The number of halogens is 1. The minimum Gasteiger partial charge on any atom is -0.325 e. The van der Waals surface area contributed by atoms with Gasteiger partial charge in [0.05, 0.1) is 17.6 Å². The van der Waals surface area contributed by atoms with Crippen LogP contribution in [0, 0.1) is 12.7 Å². The average Bonchev–Trinajstić information content (AvgIpc) is 2.79. The summed E-state index contributed by atoms with van der Waals surface area (Å²) in [6.07, 6.45) is 0.195. The molecule has 6 nitrogen and oxygen atoms in total. The summed E-state index contributed by atoms with van der Waals surface area (Å²) >= 11 is 0. The van der Waals surface area contributed by atoms with Crippen molar-refractivity contribution in [3.05, 3.63) is 106 Å². The number of fused-ring (bicyclic) bond motifs is 1. The third-order valence-electron chi connectivity index (χ3n) is 5.37. The van der Waals surface area contributed by atoms with Crippen LogP contribution in [0.25, 0.3) is 10.9 Å². The monoisotopic (exact) mass is 443 g/mol. The minimum atomic E-state index is -0.620. The van der Waals surface area contributed by atoms with Crippen LogP contribution in [0.5, 0.6) is 0 Å². The van der Waals surface area contributed by atoms with Crippen molar-refractivity contribution in [2.24, 2.45) is 7.05 Å². The molecule has 0 spiro atoms. The number of aryl methyl sites for hydroxylation is 2. The molecule has 0 unspecified atom stereocenters. The van der Waals surface area contributed by atoms with Crippen LogP contribution in [0.15, 0.2) is 77.6 Å². The highest BCUT2D eigenvalue weighted by molar-refractivity contribution is 6.08. The summed E-state index contributed by atoms with van der Waals surface area (Å²) < 4.78 is 14.5. The van der Waals surface area contributed by atoms with E-state index in [0.717, 1.165) is 11.1 Å². The topological polar surface area (TPSA) is 80.2 Å². The molecule has 0 saturated carbocycles. The Morgan fingerprint density at radius 2 is 1.64 bits per heavy atom. The summed E-state index contributed by atoms with van der Waals surface area (Å²) in [5.41, 5.74) is 2.86. The molecule has 7 heteroatoms. The number of anilines is 2. The summed E-state index contributed by atoms with van der Waals surface area (Å²) in [5.74, 6) is -1.26. The molecule has 0 aliphatic carbocycles. The predicted molar refractivity (Wildman–Crippen MR) is 127 cm³/mol. The van der Waals surface area contributed by atoms with E-state index in [0.29, 0.717) is 22.3 Å². The maximum atomic E-state index is 13.1. The van der Waals surface area contributed by atoms with Crippen molar-refractivity contribution in [3.8, 4) is 0 Å². The smallest absolute Gasteiger partial charge is 0.263 e. The highest BCUT2D eigenvalue weighted by atomic mass is 19.1. The summed E-state index contributed by atoms with van der Waals surface area (Å²) in [7, 11) is 1.57. The number of carbonyl (C=O) groups is 2. The average molecular weight is 443 g/mol. The first kappa shape index (κ1) is 22.0. The number of amides is 2. The van der Waals surface area contributed by atoms with Crippen LogP contribution in [0.1, 0.15) is 21.5 Å². The molecule has 166 valence electrons. The maximum absolute atomic E-state index is 13.1.